The molecule has 1 atom stereocenters. The maximum Gasteiger partial charge on any atom is 0.255 e. The number of aryl methyl sites for hydroxylation is 2. The molecule has 0 bridgehead atoms. The molecule has 24 heavy (non-hydrogen) atoms. The molecular weight excluding hydrogens is 306 g/mol. The van der Waals surface area contributed by atoms with Crippen molar-refractivity contribution in [2.75, 3.05) is 7.11 Å². The molecule has 0 fully saturated rings. The Balaban J connectivity index is 1.98. The van der Waals surface area contributed by atoms with Gasteiger partial charge in [-0.3, -0.25) is 4.79 Å². The summed E-state index contributed by atoms with van der Waals surface area (Å²) in [6, 6.07) is 8.83. The Morgan fingerprint density at radius 3 is 2.83 bits per heavy atom. The van der Waals surface area contributed by atoms with E-state index in [1.54, 1.807) is 26.3 Å². The van der Waals surface area contributed by atoms with E-state index in [2.05, 4.69) is 10.3 Å². The van der Waals surface area contributed by atoms with Crippen LogP contribution in [0.3, 0.4) is 0 Å². The van der Waals surface area contributed by atoms with Gasteiger partial charge in [-0.1, -0.05) is 12.1 Å². The molecule has 1 amide bonds. The van der Waals surface area contributed by atoms with Crippen LogP contribution >= 0.6 is 0 Å². The Kier molecular flexibility index (Phi) is 4.37. The van der Waals surface area contributed by atoms with Crippen LogP contribution in [0.15, 0.2) is 53.4 Å². The number of hydrogen-bond acceptors (Lipinski definition) is 4. The second kappa shape index (κ2) is 6.62. The molecule has 6 nitrogen and oxygen atoms in total. The molecule has 1 N–H and O–H groups in total. The van der Waals surface area contributed by atoms with E-state index >= 15 is 0 Å². The number of carbonyl (C=O) groups is 1. The van der Waals surface area contributed by atoms with Gasteiger partial charge in [-0.15, -0.1) is 0 Å². The predicted octanol–water partition coefficient (Wildman–Crippen LogP) is 2.85. The number of imidazole rings is 1. The van der Waals surface area contributed by atoms with Gasteiger partial charge in [0.1, 0.15) is 23.4 Å². The van der Waals surface area contributed by atoms with E-state index in [1.165, 1.54) is 6.26 Å². The van der Waals surface area contributed by atoms with Gasteiger partial charge >= 0.3 is 0 Å². The van der Waals surface area contributed by atoms with Crippen LogP contribution in [0.4, 0.5) is 0 Å². The first-order valence-electron chi connectivity index (χ1n) is 7.56. The van der Waals surface area contributed by atoms with Crippen LogP contribution in [-0.2, 0) is 7.05 Å². The normalized spacial score (nSPS) is 12.0. The van der Waals surface area contributed by atoms with Crippen molar-refractivity contribution < 1.29 is 13.9 Å². The third kappa shape index (κ3) is 3.03. The molecule has 0 saturated heterocycles. The standard InChI is InChI=1S/C18H19N3O3/c1-12-15(7-10-24-12)18(22)20-16(17-19-8-9-21(17)2)13-5-4-6-14(11-13)23-3/h4-11,16H,1-3H3,(H,20,22)/t16-/m1/s1. The topological polar surface area (TPSA) is 69.3 Å². The SMILES string of the molecule is COc1cccc([C@@H](NC(=O)c2ccoc2C)c2nccn2C)c1. The first kappa shape index (κ1) is 15.9. The lowest BCUT2D eigenvalue weighted by molar-refractivity contribution is 0.0939. The van der Waals surface area contributed by atoms with Gasteiger partial charge in [0, 0.05) is 19.4 Å². The Morgan fingerprint density at radius 1 is 1.38 bits per heavy atom. The minimum absolute atomic E-state index is 0.211. The molecule has 0 aliphatic carbocycles. The highest BCUT2D eigenvalue weighted by atomic mass is 16.5. The first-order chi connectivity index (χ1) is 11.6. The molecular formula is C18H19N3O3. The lowest BCUT2D eigenvalue weighted by atomic mass is 10.0. The van der Waals surface area contributed by atoms with Gasteiger partial charge in [-0.2, -0.15) is 0 Å². The molecule has 2 heterocycles. The van der Waals surface area contributed by atoms with E-state index in [4.69, 9.17) is 9.15 Å². The van der Waals surface area contributed by atoms with Gasteiger partial charge < -0.3 is 19.0 Å². The Hall–Kier alpha value is -3.02. The summed E-state index contributed by atoms with van der Waals surface area (Å²) < 4.78 is 12.4. The summed E-state index contributed by atoms with van der Waals surface area (Å²) in [4.78, 5) is 17.0. The Morgan fingerprint density at radius 2 is 2.21 bits per heavy atom. The maximum atomic E-state index is 12.6. The van der Waals surface area contributed by atoms with E-state index in [1.807, 2.05) is 42.1 Å². The summed E-state index contributed by atoms with van der Waals surface area (Å²) in [6.07, 6.45) is 5.06. The number of aromatic nitrogens is 2. The number of nitrogens with zero attached hydrogens (tertiary/aromatic N) is 2. The largest absolute Gasteiger partial charge is 0.497 e. The smallest absolute Gasteiger partial charge is 0.255 e. The van der Waals surface area contributed by atoms with Crippen molar-refractivity contribution in [2.24, 2.45) is 7.05 Å². The van der Waals surface area contributed by atoms with E-state index in [0.29, 0.717) is 11.3 Å². The first-order valence-corrected chi connectivity index (χ1v) is 7.56. The lowest BCUT2D eigenvalue weighted by Crippen LogP contribution is -2.31. The maximum absolute atomic E-state index is 12.6. The van der Waals surface area contributed by atoms with Crippen molar-refractivity contribution in [1.82, 2.24) is 14.9 Å². The third-order valence-electron chi connectivity index (χ3n) is 3.92. The highest BCUT2D eigenvalue weighted by Crippen LogP contribution is 2.25. The number of carbonyl (C=O) groups excluding carboxylic acids is 1. The lowest BCUT2D eigenvalue weighted by Gasteiger charge is -2.19. The molecule has 3 aromatic rings. The van der Waals surface area contributed by atoms with Gasteiger partial charge in [-0.05, 0) is 30.7 Å². The van der Waals surface area contributed by atoms with Gasteiger partial charge in [-0.25, -0.2) is 4.98 Å². The minimum atomic E-state index is -0.401. The molecule has 0 saturated carbocycles. The number of benzene rings is 1. The molecule has 0 unspecified atom stereocenters. The zero-order valence-electron chi connectivity index (χ0n) is 13.8. The number of methoxy groups -OCH3 is 1. The van der Waals surface area contributed by atoms with Gasteiger partial charge in [0.15, 0.2) is 0 Å². The van der Waals surface area contributed by atoms with Gasteiger partial charge in [0.05, 0.1) is 18.9 Å². The predicted molar refractivity (Wildman–Crippen MR) is 89.0 cm³/mol. The van der Waals surface area contributed by atoms with E-state index in [0.717, 1.165) is 17.1 Å². The second-order valence-electron chi connectivity index (χ2n) is 5.47. The molecule has 0 radical (unpaired) electrons. The zero-order chi connectivity index (χ0) is 17.1. The number of hydrogen-bond donors (Lipinski definition) is 1. The fourth-order valence-electron chi connectivity index (χ4n) is 2.60. The average Bonchev–Trinajstić information content (AvgIpc) is 3.21. The quantitative estimate of drug-likeness (QED) is 0.783. The Bertz CT molecular complexity index is 851. The van der Waals surface area contributed by atoms with Crippen molar-refractivity contribution in [3.05, 3.63) is 71.7 Å². The highest BCUT2D eigenvalue weighted by molar-refractivity contribution is 5.95. The summed E-state index contributed by atoms with van der Waals surface area (Å²) in [5.74, 6) is 1.83. The van der Waals surface area contributed by atoms with E-state index in [-0.39, 0.29) is 5.91 Å². The number of nitrogens with one attached hydrogen (secondary N) is 1. The van der Waals surface area contributed by atoms with Crippen LogP contribution in [0.2, 0.25) is 0 Å². The van der Waals surface area contributed by atoms with Gasteiger partial charge in [0.2, 0.25) is 0 Å². The van der Waals surface area contributed by atoms with Crippen molar-refractivity contribution in [3.63, 3.8) is 0 Å². The average molecular weight is 325 g/mol. The molecule has 124 valence electrons. The minimum Gasteiger partial charge on any atom is -0.497 e. The fourth-order valence-corrected chi connectivity index (χ4v) is 2.60. The molecule has 1 aromatic carbocycles. The zero-order valence-corrected chi connectivity index (χ0v) is 13.8. The molecule has 6 heteroatoms. The molecule has 0 aliphatic heterocycles. The third-order valence-corrected chi connectivity index (χ3v) is 3.92. The van der Waals surface area contributed by atoms with Crippen LogP contribution in [0.25, 0.3) is 0 Å². The van der Waals surface area contributed by atoms with Crippen LogP contribution in [-0.4, -0.2) is 22.6 Å². The molecule has 2 aromatic heterocycles. The second-order valence-corrected chi connectivity index (χ2v) is 5.47. The molecule has 0 aliphatic rings. The number of amides is 1. The van der Waals surface area contributed by atoms with Crippen LogP contribution in [0.5, 0.6) is 5.75 Å². The summed E-state index contributed by atoms with van der Waals surface area (Å²) in [7, 11) is 3.51. The van der Waals surface area contributed by atoms with Gasteiger partial charge in [0.25, 0.3) is 5.91 Å². The van der Waals surface area contributed by atoms with Crippen LogP contribution < -0.4 is 10.1 Å². The molecule has 3 rings (SSSR count). The number of rotatable bonds is 5. The van der Waals surface area contributed by atoms with Crippen molar-refractivity contribution in [2.45, 2.75) is 13.0 Å². The van der Waals surface area contributed by atoms with E-state index in [9.17, 15) is 4.79 Å². The van der Waals surface area contributed by atoms with Crippen molar-refractivity contribution >= 4 is 5.91 Å². The number of ether oxygens (including phenoxy) is 1. The van der Waals surface area contributed by atoms with Crippen LogP contribution in [0.1, 0.15) is 33.5 Å². The summed E-state index contributed by atoms with van der Waals surface area (Å²) >= 11 is 0. The van der Waals surface area contributed by atoms with E-state index < -0.39 is 6.04 Å². The number of furan rings is 1. The highest BCUT2D eigenvalue weighted by Gasteiger charge is 2.23. The van der Waals surface area contributed by atoms with Crippen molar-refractivity contribution in [3.8, 4) is 5.75 Å². The summed E-state index contributed by atoms with van der Waals surface area (Å²) in [5, 5.41) is 3.03. The summed E-state index contributed by atoms with van der Waals surface area (Å²) in [6.45, 7) is 1.76. The summed E-state index contributed by atoms with van der Waals surface area (Å²) in [5.41, 5.74) is 1.40. The monoisotopic (exact) mass is 325 g/mol. The van der Waals surface area contributed by atoms with Crippen LogP contribution in [0, 0.1) is 6.92 Å². The van der Waals surface area contributed by atoms with Crippen molar-refractivity contribution in [1.29, 1.82) is 0 Å². The Labute approximate surface area is 140 Å². The molecule has 0 spiro atoms. The fraction of sp³-hybridized carbons (Fsp3) is 0.222.